The van der Waals surface area contributed by atoms with Gasteiger partial charge in [0.25, 0.3) is 0 Å². The number of benzene rings is 1. The van der Waals surface area contributed by atoms with Crippen molar-refractivity contribution in [2.75, 3.05) is 0 Å². The van der Waals surface area contributed by atoms with Crippen LogP contribution in [0.3, 0.4) is 0 Å². The number of carbonyl (C=O) groups excluding carboxylic acids is 2. The molecule has 0 fully saturated rings. The van der Waals surface area contributed by atoms with E-state index >= 15 is 0 Å². The zero-order valence-electron chi connectivity index (χ0n) is 15.3. The molecule has 3 aromatic rings. The summed E-state index contributed by atoms with van der Waals surface area (Å²) in [5, 5.41) is 3.79. The minimum absolute atomic E-state index is 0.0913. The Balaban J connectivity index is 1.48. The second-order valence-electron chi connectivity index (χ2n) is 6.38. The number of esters is 1. The summed E-state index contributed by atoms with van der Waals surface area (Å²) < 4.78 is 16.2. The van der Waals surface area contributed by atoms with E-state index in [0.717, 1.165) is 5.56 Å². The second kappa shape index (κ2) is 7.89. The number of carbonyl (C=O) groups is 2. The molecule has 0 saturated carbocycles. The number of pyridine rings is 1. The summed E-state index contributed by atoms with van der Waals surface area (Å²) in [7, 11) is 0. The zero-order valence-corrected chi connectivity index (χ0v) is 16.1. The summed E-state index contributed by atoms with van der Waals surface area (Å²) in [6.45, 7) is 1.73. The Labute approximate surface area is 170 Å². The van der Waals surface area contributed by atoms with Crippen molar-refractivity contribution in [3.63, 3.8) is 0 Å². The number of hydrogen-bond donors (Lipinski definition) is 0. The highest BCUT2D eigenvalue weighted by Crippen LogP contribution is 2.39. The van der Waals surface area contributed by atoms with E-state index in [0.29, 0.717) is 34.8 Å². The highest BCUT2D eigenvalue weighted by atomic mass is 35.5. The lowest BCUT2D eigenvalue weighted by Crippen LogP contribution is -2.10. The maximum absolute atomic E-state index is 12.6. The van der Waals surface area contributed by atoms with Crippen molar-refractivity contribution < 1.29 is 23.6 Å². The van der Waals surface area contributed by atoms with Crippen LogP contribution in [0.1, 0.15) is 33.7 Å². The molecular weight excluding hydrogens is 396 g/mol. The number of aryl methyl sites for hydroxylation is 1. The Kier molecular flexibility index (Phi) is 5.14. The molecule has 8 heteroatoms. The number of rotatable bonds is 5. The minimum atomic E-state index is -0.448. The van der Waals surface area contributed by atoms with Gasteiger partial charge < -0.3 is 14.0 Å². The number of aromatic nitrogens is 2. The Morgan fingerprint density at radius 1 is 1.31 bits per heavy atom. The van der Waals surface area contributed by atoms with Gasteiger partial charge >= 0.3 is 5.97 Å². The lowest BCUT2D eigenvalue weighted by molar-refractivity contribution is -0.134. The largest absolute Gasteiger partial charge is 0.452 e. The summed E-state index contributed by atoms with van der Waals surface area (Å²) in [4.78, 5) is 28.8. The van der Waals surface area contributed by atoms with Gasteiger partial charge in [-0.05, 0) is 36.8 Å². The summed E-state index contributed by atoms with van der Waals surface area (Å²) in [6.07, 6.45) is 5.32. The first kappa shape index (κ1) is 18.9. The van der Waals surface area contributed by atoms with Crippen LogP contribution in [-0.4, -0.2) is 21.9 Å². The molecule has 0 atom stereocenters. The molecule has 0 bridgehead atoms. The maximum atomic E-state index is 12.6. The van der Waals surface area contributed by atoms with Gasteiger partial charge in [0.05, 0.1) is 12.0 Å². The van der Waals surface area contributed by atoms with E-state index in [2.05, 4.69) is 10.1 Å². The standard InChI is InChI=1S/C21H15ClN2O5/c1-12-16(27-19(25)7-4-14-10-18(22)24-29-14)6-5-15-20(26)17(28-21(12)15)9-13-3-2-8-23-11-13/h2-3,5-6,8-11H,4,7H2,1H3/b17-9-. The van der Waals surface area contributed by atoms with E-state index in [1.54, 1.807) is 49.7 Å². The molecule has 1 aliphatic rings. The topological polar surface area (TPSA) is 91.5 Å². The monoisotopic (exact) mass is 410 g/mol. The molecule has 2 aromatic heterocycles. The molecule has 0 spiro atoms. The molecule has 4 rings (SSSR count). The van der Waals surface area contributed by atoms with Crippen molar-refractivity contribution in [2.45, 2.75) is 19.8 Å². The van der Waals surface area contributed by atoms with Crippen LogP contribution in [-0.2, 0) is 11.2 Å². The van der Waals surface area contributed by atoms with Gasteiger partial charge in [-0.25, -0.2) is 0 Å². The van der Waals surface area contributed by atoms with Crippen LogP contribution in [0.15, 0.2) is 53.0 Å². The first-order chi connectivity index (χ1) is 14.0. The predicted molar refractivity (Wildman–Crippen MR) is 104 cm³/mol. The third kappa shape index (κ3) is 4.05. The lowest BCUT2D eigenvalue weighted by atomic mass is 10.1. The second-order valence-corrected chi connectivity index (χ2v) is 6.77. The lowest BCUT2D eigenvalue weighted by Gasteiger charge is -2.09. The quantitative estimate of drug-likeness (QED) is 0.354. The van der Waals surface area contributed by atoms with Crippen LogP contribution in [0.2, 0.25) is 5.15 Å². The number of fused-ring (bicyclic) bond motifs is 1. The Bertz CT molecular complexity index is 1120. The van der Waals surface area contributed by atoms with Gasteiger partial charge in [0.1, 0.15) is 17.3 Å². The number of ether oxygens (including phenoxy) is 2. The van der Waals surface area contributed by atoms with Crippen molar-refractivity contribution in [1.29, 1.82) is 0 Å². The molecule has 1 aliphatic heterocycles. The SMILES string of the molecule is Cc1c(OC(=O)CCc2cc(Cl)no2)ccc2c1O/C(=C\c1cccnc1)C2=O. The van der Waals surface area contributed by atoms with E-state index < -0.39 is 5.97 Å². The van der Waals surface area contributed by atoms with E-state index in [1.807, 2.05) is 6.07 Å². The van der Waals surface area contributed by atoms with E-state index in [-0.39, 0.29) is 23.1 Å². The van der Waals surface area contributed by atoms with E-state index in [4.69, 9.17) is 25.6 Å². The van der Waals surface area contributed by atoms with Crippen molar-refractivity contribution in [2.24, 2.45) is 0 Å². The van der Waals surface area contributed by atoms with Crippen LogP contribution >= 0.6 is 11.6 Å². The Morgan fingerprint density at radius 2 is 2.17 bits per heavy atom. The zero-order chi connectivity index (χ0) is 20.4. The van der Waals surface area contributed by atoms with Gasteiger partial charge in [0.2, 0.25) is 5.78 Å². The number of Topliss-reactive ketones (excluding diaryl/α,β-unsaturated/α-hetero) is 1. The first-order valence-corrected chi connectivity index (χ1v) is 9.18. The molecule has 0 N–H and O–H groups in total. The molecule has 29 heavy (non-hydrogen) atoms. The summed E-state index contributed by atoms with van der Waals surface area (Å²) in [5.74, 6) is 0.735. The van der Waals surface area contributed by atoms with Gasteiger partial charge in [0.15, 0.2) is 10.9 Å². The first-order valence-electron chi connectivity index (χ1n) is 8.81. The van der Waals surface area contributed by atoms with Crippen LogP contribution in [0.5, 0.6) is 11.5 Å². The highest BCUT2D eigenvalue weighted by molar-refractivity contribution is 6.29. The number of hydrogen-bond acceptors (Lipinski definition) is 7. The fourth-order valence-electron chi connectivity index (χ4n) is 2.90. The normalized spacial score (nSPS) is 14.0. The molecule has 0 amide bonds. The average molecular weight is 411 g/mol. The molecule has 3 heterocycles. The van der Waals surface area contributed by atoms with Gasteiger partial charge in [-0.1, -0.05) is 22.8 Å². The number of nitrogens with zero attached hydrogens (tertiary/aromatic N) is 2. The fraction of sp³-hybridized carbons (Fsp3) is 0.143. The van der Waals surface area contributed by atoms with E-state index in [9.17, 15) is 9.59 Å². The molecule has 146 valence electrons. The number of halogens is 1. The maximum Gasteiger partial charge on any atom is 0.311 e. The summed E-state index contributed by atoms with van der Waals surface area (Å²) >= 11 is 5.68. The molecule has 0 radical (unpaired) electrons. The fourth-order valence-corrected chi connectivity index (χ4v) is 3.05. The van der Waals surface area contributed by atoms with Gasteiger partial charge in [-0.15, -0.1) is 0 Å². The highest BCUT2D eigenvalue weighted by Gasteiger charge is 2.30. The van der Waals surface area contributed by atoms with Gasteiger partial charge in [0, 0.05) is 30.4 Å². The molecule has 0 saturated heterocycles. The van der Waals surface area contributed by atoms with Gasteiger partial charge in [-0.2, -0.15) is 0 Å². The van der Waals surface area contributed by atoms with Crippen molar-refractivity contribution >= 4 is 29.4 Å². The predicted octanol–water partition coefficient (Wildman–Crippen LogP) is 4.19. The Hall–Kier alpha value is -3.45. The van der Waals surface area contributed by atoms with Gasteiger partial charge in [-0.3, -0.25) is 14.6 Å². The third-order valence-corrected chi connectivity index (χ3v) is 4.53. The molecule has 7 nitrogen and oxygen atoms in total. The molecule has 0 unspecified atom stereocenters. The molecule has 1 aromatic carbocycles. The number of allylic oxidation sites excluding steroid dienone is 1. The van der Waals surface area contributed by atoms with Crippen LogP contribution in [0, 0.1) is 6.92 Å². The average Bonchev–Trinajstić information content (AvgIpc) is 3.27. The van der Waals surface area contributed by atoms with Crippen molar-refractivity contribution in [3.05, 3.63) is 76.1 Å². The van der Waals surface area contributed by atoms with E-state index in [1.165, 1.54) is 0 Å². The number of ketones is 1. The van der Waals surface area contributed by atoms with Crippen molar-refractivity contribution in [1.82, 2.24) is 10.1 Å². The van der Waals surface area contributed by atoms with Crippen molar-refractivity contribution in [3.8, 4) is 11.5 Å². The summed E-state index contributed by atoms with van der Waals surface area (Å²) in [5.41, 5.74) is 1.75. The van der Waals surface area contributed by atoms with Crippen LogP contribution < -0.4 is 9.47 Å². The minimum Gasteiger partial charge on any atom is -0.452 e. The molecular formula is C21H15ClN2O5. The summed E-state index contributed by atoms with van der Waals surface area (Å²) in [6, 6.07) is 8.32. The van der Waals surface area contributed by atoms with Crippen LogP contribution in [0.4, 0.5) is 0 Å². The Morgan fingerprint density at radius 3 is 2.90 bits per heavy atom. The molecule has 0 aliphatic carbocycles. The van der Waals surface area contributed by atoms with Crippen LogP contribution in [0.25, 0.3) is 6.08 Å². The smallest absolute Gasteiger partial charge is 0.311 e. The third-order valence-electron chi connectivity index (χ3n) is 4.35.